The average Bonchev–Trinajstić information content (AvgIpc) is 2.79. The van der Waals surface area contributed by atoms with Crippen LogP contribution in [-0.4, -0.2) is 17.1 Å². The molecule has 2 rings (SSSR count). The maximum atomic E-state index is 13.0. The first kappa shape index (κ1) is 10.3. The van der Waals surface area contributed by atoms with E-state index in [-0.39, 0.29) is 0 Å². The summed E-state index contributed by atoms with van der Waals surface area (Å²) >= 11 is 0. The molecule has 0 fully saturated rings. The van der Waals surface area contributed by atoms with Gasteiger partial charge in [0.1, 0.15) is 17.3 Å². The Hall–Kier alpha value is -2.24. The predicted octanol–water partition coefficient (Wildman–Crippen LogP) is 2.97. The summed E-state index contributed by atoms with van der Waals surface area (Å²) in [6, 6.07) is 4.03. The molecule has 1 aromatic carbocycles. The first-order valence-corrected chi connectivity index (χ1v) is 4.54. The SMILES string of the molecule is COc1ccc(F)cc1N=Nc1ncc[nH]1. The standard InChI is InChI=1S/C10H9FN4O/c1-16-9-3-2-7(11)6-8(9)14-15-10-12-4-5-13-10/h2-6H,1H3,(H,12,13). The van der Waals surface area contributed by atoms with E-state index in [2.05, 4.69) is 20.2 Å². The van der Waals surface area contributed by atoms with Gasteiger partial charge in [0, 0.05) is 18.5 Å². The van der Waals surface area contributed by atoms with E-state index >= 15 is 0 Å². The maximum Gasteiger partial charge on any atom is 0.246 e. The molecule has 0 aliphatic heterocycles. The van der Waals surface area contributed by atoms with Gasteiger partial charge in [-0.25, -0.2) is 9.37 Å². The second-order valence-corrected chi connectivity index (χ2v) is 2.93. The van der Waals surface area contributed by atoms with Crippen LogP contribution in [0.25, 0.3) is 0 Å². The third-order valence-electron chi connectivity index (χ3n) is 1.88. The topological polar surface area (TPSA) is 62.6 Å². The molecule has 0 unspecified atom stereocenters. The molecule has 1 aromatic heterocycles. The summed E-state index contributed by atoms with van der Waals surface area (Å²) in [5.41, 5.74) is 0.318. The molecule has 0 radical (unpaired) electrons. The molecular weight excluding hydrogens is 211 g/mol. The summed E-state index contributed by atoms with van der Waals surface area (Å²) in [6.45, 7) is 0. The Kier molecular flexibility index (Phi) is 2.90. The molecule has 0 atom stereocenters. The van der Waals surface area contributed by atoms with E-state index in [0.717, 1.165) is 0 Å². The molecule has 0 bridgehead atoms. The molecule has 0 saturated heterocycles. The summed E-state index contributed by atoms with van der Waals surface area (Å²) in [4.78, 5) is 6.61. The summed E-state index contributed by atoms with van der Waals surface area (Å²) in [5.74, 6) is 0.414. The zero-order valence-electron chi connectivity index (χ0n) is 8.51. The molecule has 1 N–H and O–H groups in total. The number of rotatable bonds is 3. The van der Waals surface area contributed by atoms with Crippen molar-refractivity contribution in [2.45, 2.75) is 0 Å². The van der Waals surface area contributed by atoms with Gasteiger partial charge < -0.3 is 9.72 Å². The molecule has 82 valence electrons. The number of aromatic amines is 1. The second kappa shape index (κ2) is 4.52. The van der Waals surface area contributed by atoms with Gasteiger partial charge in [-0.2, -0.15) is 0 Å². The number of H-pyrrole nitrogens is 1. The van der Waals surface area contributed by atoms with Gasteiger partial charge in [0.25, 0.3) is 0 Å². The average molecular weight is 220 g/mol. The van der Waals surface area contributed by atoms with Gasteiger partial charge in [0.2, 0.25) is 5.95 Å². The van der Waals surface area contributed by atoms with Crippen LogP contribution in [-0.2, 0) is 0 Å². The molecule has 0 aliphatic carbocycles. The summed E-state index contributed by atoms with van der Waals surface area (Å²) in [7, 11) is 1.49. The van der Waals surface area contributed by atoms with Crippen molar-refractivity contribution in [1.29, 1.82) is 0 Å². The van der Waals surface area contributed by atoms with E-state index in [0.29, 0.717) is 17.4 Å². The Bertz CT molecular complexity index is 496. The number of methoxy groups -OCH3 is 1. The fourth-order valence-electron chi connectivity index (χ4n) is 1.15. The number of nitrogens with one attached hydrogen (secondary N) is 1. The van der Waals surface area contributed by atoms with Crippen molar-refractivity contribution in [3.05, 3.63) is 36.4 Å². The van der Waals surface area contributed by atoms with E-state index in [9.17, 15) is 4.39 Å². The zero-order valence-corrected chi connectivity index (χ0v) is 8.51. The van der Waals surface area contributed by atoms with Crippen molar-refractivity contribution in [3.63, 3.8) is 0 Å². The van der Waals surface area contributed by atoms with Gasteiger partial charge in [0.05, 0.1) is 7.11 Å². The van der Waals surface area contributed by atoms with Crippen LogP contribution in [0.2, 0.25) is 0 Å². The Morgan fingerprint density at radius 1 is 1.38 bits per heavy atom. The minimum Gasteiger partial charge on any atom is -0.494 e. The van der Waals surface area contributed by atoms with Crippen molar-refractivity contribution in [3.8, 4) is 5.75 Å². The minimum absolute atomic E-state index is 0.318. The second-order valence-electron chi connectivity index (χ2n) is 2.93. The first-order chi connectivity index (χ1) is 7.79. The van der Waals surface area contributed by atoms with Crippen LogP contribution in [0, 0.1) is 5.82 Å². The van der Waals surface area contributed by atoms with Gasteiger partial charge in [-0.15, -0.1) is 10.2 Å². The summed E-state index contributed by atoms with van der Waals surface area (Å²) in [5, 5.41) is 7.64. The Morgan fingerprint density at radius 2 is 2.25 bits per heavy atom. The number of hydrogen-bond donors (Lipinski definition) is 1. The monoisotopic (exact) mass is 220 g/mol. The highest BCUT2D eigenvalue weighted by atomic mass is 19.1. The molecule has 0 spiro atoms. The highest BCUT2D eigenvalue weighted by Crippen LogP contribution is 2.28. The van der Waals surface area contributed by atoms with Gasteiger partial charge in [-0.3, -0.25) is 0 Å². The molecule has 0 saturated carbocycles. The Balaban J connectivity index is 2.29. The molecule has 0 aliphatic rings. The minimum atomic E-state index is -0.394. The fourth-order valence-corrected chi connectivity index (χ4v) is 1.15. The van der Waals surface area contributed by atoms with Crippen LogP contribution >= 0.6 is 0 Å². The smallest absolute Gasteiger partial charge is 0.246 e. The van der Waals surface area contributed by atoms with Crippen molar-refractivity contribution in [1.82, 2.24) is 9.97 Å². The normalized spacial score (nSPS) is 10.9. The van der Waals surface area contributed by atoms with Crippen molar-refractivity contribution >= 4 is 11.6 Å². The fraction of sp³-hybridized carbons (Fsp3) is 0.100. The lowest BCUT2D eigenvalue weighted by Crippen LogP contribution is -1.83. The third kappa shape index (κ3) is 2.22. The van der Waals surface area contributed by atoms with Crippen LogP contribution in [0.1, 0.15) is 0 Å². The van der Waals surface area contributed by atoms with Crippen LogP contribution < -0.4 is 4.74 Å². The Morgan fingerprint density at radius 3 is 2.94 bits per heavy atom. The number of halogens is 1. The van der Waals surface area contributed by atoms with E-state index in [4.69, 9.17) is 4.74 Å². The Labute approximate surface area is 91.0 Å². The molecule has 2 aromatic rings. The van der Waals surface area contributed by atoms with Crippen molar-refractivity contribution < 1.29 is 9.13 Å². The van der Waals surface area contributed by atoms with E-state index in [1.807, 2.05) is 0 Å². The van der Waals surface area contributed by atoms with Crippen molar-refractivity contribution in [2.75, 3.05) is 7.11 Å². The highest BCUT2D eigenvalue weighted by molar-refractivity contribution is 5.51. The highest BCUT2D eigenvalue weighted by Gasteiger charge is 2.03. The first-order valence-electron chi connectivity index (χ1n) is 4.54. The molecular formula is C10H9FN4O. The van der Waals surface area contributed by atoms with Crippen molar-refractivity contribution in [2.24, 2.45) is 10.2 Å². The number of imidazole rings is 1. The van der Waals surface area contributed by atoms with Crippen LogP contribution in [0.5, 0.6) is 5.75 Å². The third-order valence-corrected chi connectivity index (χ3v) is 1.88. The zero-order chi connectivity index (χ0) is 11.4. The lowest BCUT2D eigenvalue weighted by molar-refractivity contribution is 0.414. The van der Waals surface area contributed by atoms with Gasteiger partial charge in [-0.1, -0.05) is 0 Å². The number of azo groups is 1. The number of hydrogen-bond acceptors (Lipinski definition) is 4. The molecule has 6 heteroatoms. The molecule has 5 nitrogen and oxygen atoms in total. The molecule has 1 heterocycles. The van der Waals surface area contributed by atoms with Gasteiger partial charge in [-0.05, 0) is 12.1 Å². The number of benzene rings is 1. The number of aromatic nitrogens is 2. The quantitative estimate of drug-likeness (QED) is 0.808. The lowest BCUT2D eigenvalue weighted by Gasteiger charge is -2.01. The number of nitrogens with zero attached hydrogens (tertiary/aromatic N) is 3. The van der Waals surface area contributed by atoms with Crippen LogP contribution in [0.15, 0.2) is 40.8 Å². The summed E-state index contributed by atoms with van der Waals surface area (Å²) < 4.78 is 18.0. The largest absolute Gasteiger partial charge is 0.494 e. The van der Waals surface area contributed by atoms with E-state index in [1.165, 1.54) is 25.3 Å². The molecule has 0 amide bonds. The number of ether oxygens (including phenoxy) is 1. The van der Waals surface area contributed by atoms with Crippen LogP contribution in [0.3, 0.4) is 0 Å². The van der Waals surface area contributed by atoms with Gasteiger partial charge >= 0.3 is 0 Å². The lowest BCUT2D eigenvalue weighted by atomic mass is 10.3. The van der Waals surface area contributed by atoms with E-state index < -0.39 is 5.82 Å². The van der Waals surface area contributed by atoms with Crippen LogP contribution in [0.4, 0.5) is 16.0 Å². The predicted molar refractivity (Wildman–Crippen MR) is 55.7 cm³/mol. The molecule has 16 heavy (non-hydrogen) atoms. The summed E-state index contributed by atoms with van der Waals surface area (Å²) in [6.07, 6.45) is 3.17. The maximum absolute atomic E-state index is 13.0. The van der Waals surface area contributed by atoms with E-state index in [1.54, 1.807) is 12.4 Å². The van der Waals surface area contributed by atoms with Gasteiger partial charge in [0.15, 0.2) is 0 Å².